The third-order valence-corrected chi connectivity index (χ3v) is 10.1. The van der Waals surface area contributed by atoms with Crippen molar-refractivity contribution in [1.82, 2.24) is 0 Å². The lowest BCUT2D eigenvalue weighted by Crippen LogP contribution is -2.37. The molecule has 1 unspecified atom stereocenters. The van der Waals surface area contributed by atoms with E-state index in [1.165, 1.54) is 96.3 Å². The highest BCUT2D eigenvalue weighted by Crippen LogP contribution is 2.38. The van der Waals surface area contributed by atoms with Gasteiger partial charge in [-0.2, -0.15) is 0 Å². The van der Waals surface area contributed by atoms with Gasteiger partial charge in [-0.15, -0.1) is 0 Å². The molecule has 0 rings (SSSR count). The van der Waals surface area contributed by atoms with Crippen LogP contribution in [0.25, 0.3) is 0 Å². The topological polar surface area (TPSA) is 111 Å². The van der Waals surface area contributed by atoms with Crippen molar-refractivity contribution >= 4 is 19.8 Å². The Hall–Kier alpha value is -1.77. The molecule has 0 bridgehead atoms. The minimum atomic E-state index is -4.63. The molecule has 0 radical (unpaired) electrons. The minimum Gasteiger partial charge on any atom is -0.756 e. The van der Waals surface area contributed by atoms with Crippen molar-refractivity contribution in [2.75, 3.05) is 47.5 Å². The zero-order valence-electron chi connectivity index (χ0n) is 35.4. The molecule has 0 aromatic carbocycles. The number of unbranched alkanes of at least 4 members (excludes halogenated alkanes) is 19. The second-order valence-corrected chi connectivity index (χ2v) is 17.1. The van der Waals surface area contributed by atoms with E-state index in [2.05, 4.69) is 50.3 Å². The molecule has 9 nitrogen and oxygen atoms in total. The number of phosphoric ester groups is 1. The third kappa shape index (κ3) is 39.9. The largest absolute Gasteiger partial charge is 0.756 e. The van der Waals surface area contributed by atoms with Gasteiger partial charge in [0, 0.05) is 12.8 Å². The molecule has 0 fully saturated rings. The summed E-state index contributed by atoms with van der Waals surface area (Å²) in [6.07, 6.45) is 40.3. The fourth-order valence-corrected chi connectivity index (χ4v) is 6.46. The predicted octanol–water partition coefficient (Wildman–Crippen LogP) is 11.5. The van der Waals surface area contributed by atoms with Crippen LogP contribution >= 0.6 is 7.82 Å². The molecule has 0 N–H and O–H groups in total. The normalized spacial score (nSPS) is 14.0. The van der Waals surface area contributed by atoms with Crippen molar-refractivity contribution in [1.29, 1.82) is 0 Å². The first kappa shape index (κ1) is 52.2. The first-order chi connectivity index (χ1) is 26.0. The molecule has 0 heterocycles. The number of esters is 2. The molecule has 54 heavy (non-hydrogen) atoms. The Kier molecular flexibility index (Phi) is 35.6. The molecular weight excluding hydrogens is 701 g/mol. The van der Waals surface area contributed by atoms with E-state index in [1.807, 2.05) is 21.1 Å². The van der Waals surface area contributed by atoms with Crippen LogP contribution < -0.4 is 4.89 Å². The van der Waals surface area contributed by atoms with Crippen LogP contribution in [0.5, 0.6) is 0 Å². The van der Waals surface area contributed by atoms with Crippen LogP contribution in [0.2, 0.25) is 0 Å². The Morgan fingerprint density at radius 3 is 1.54 bits per heavy atom. The summed E-state index contributed by atoms with van der Waals surface area (Å²) in [6, 6.07) is 0. The molecule has 0 saturated carbocycles. The molecule has 0 aliphatic rings. The van der Waals surface area contributed by atoms with E-state index in [1.54, 1.807) is 0 Å². The highest BCUT2D eigenvalue weighted by molar-refractivity contribution is 7.45. The minimum absolute atomic E-state index is 0.0375. The Morgan fingerprint density at radius 1 is 0.574 bits per heavy atom. The monoisotopic (exact) mass is 784 g/mol. The van der Waals surface area contributed by atoms with Gasteiger partial charge in [0.05, 0.1) is 27.7 Å². The Balaban J connectivity index is 4.44. The standard InChI is InChI=1S/C44H82NO8P/c1-6-8-10-12-14-16-18-20-21-22-23-25-26-28-30-32-34-36-43(46)50-40-42(41-52-54(48,49)51-39-38-45(3,4)5)53-44(47)37-35-33-31-29-27-24-19-17-15-13-11-9-7-2/h20-21,23,25,28,30,42H,6-19,22,24,26-27,29,31-41H2,1-5H3/b21-20-,25-23-,30-28-/t42-/m1/s1. The summed E-state index contributed by atoms with van der Waals surface area (Å²) < 4.78 is 33.8. The summed E-state index contributed by atoms with van der Waals surface area (Å²) in [5, 5.41) is 0. The average Bonchev–Trinajstić information content (AvgIpc) is 3.12. The van der Waals surface area contributed by atoms with Crippen LogP contribution in [0.4, 0.5) is 0 Å². The molecule has 10 heteroatoms. The number of nitrogens with zero attached hydrogens (tertiary/aromatic N) is 1. The van der Waals surface area contributed by atoms with E-state index in [0.29, 0.717) is 23.9 Å². The maximum atomic E-state index is 12.6. The summed E-state index contributed by atoms with van der Waals surface area (Å²) in [4.78, 5) is 37.4. The van der Waals surface area contributed by atoms with E-state index in [-0.39, 0.29) is 26.1 Å². The van der Waals surface area contributed by atoms with E-state index in [9.17, 15) is 19.0 Å². The van der Waals surface area contributed by atoms with Gasteiger partial charge in [-0.3, -0.25) is 14.2 Å². The summed E-state index contributed by atoms with van der Waals surface area (Å²) in [5.41, 5.74) is 0. The summed E-state index contributed by atoms with van der Waals surface area (Å²) in [7, 11) is 1.14. The first-order valence-corrected chi connectivity index (χ1v) is 23.2. The summed E-state index contributed by atoms with van der Waals surface area (Å²) in [6.45, 7) is 4.16. The van der Waals surface area contributed by atoms with Gasteiger partial charge in [0.15, 0.2) is 6.10 Å². The van der Waals surface area contributed by atoms with Crippen molar-refractivity contribution in [2.24, 2.45) is 0 Å². The maximum absolute atomic E-state index is 12.6. The average molecular weight is 784 g/mol. The molecule has 316 valence electrons. The van der Waals surface area contributed by atoms with Gasteiger partial charge in [-0.05, 0) is 44.9 Å². The van der Waals surface area contributed by atoms with Crippen molar-refractivity contribution in [3.63, 3.8) is 0 Å². The van der Waals surface area contributed by atoms with Gasteiger partial charge in [0.25, 0.3) is 7.82 Å². The van der Waals surface area contributed by atoms with Gasteiger partial charge < -0.3 is 27.9 Å². The molecule has 0 aromatic rings. The van der Waals surface area contributed by atoms with Crippen LogP contribution in [-0.2, 0) is 32.7 Å². The summed E-state index contributed by atoms with van der Waals surface area (Å²) >= 11 is 0. The van der Waals surface area contributed by atoms with E-state index >= 15 is 0 Å². The number of quaternary nitrogens is 1. The van der Waals surface area contributed by atoms with Gasteiger partial charge in [-0.25, -0.2) is 0 Å². The van der Waals surface area contributed by atoms with Crippen LogP contribution in [0.3, 0.4) is 0 Å². The van der Waals surface area contributed by atoms with Crippen LogP contribution in [0.15, 0.2) is 36.5 Å². The Labute approximate surface area is 331 Å². The smallest absolute Gasteiger partial charge is 0.306 e. The van der Waals surface area contributed by atoms with E-state index in [4.69, 9.17) is 18.5 Å². The molecule has 0 amide bonds. The van der Waals surface area contributed by atoms with Gasteiger partial charge >= 0.3 is 11.9 Å². The summed E-state index contributed by atoms with van der Waals surface area (Å²) in [5.74, 6) is -0.893. The van der Waals surface area contributed by atoms with Crippen LogP contribution in [-0.4, -0.2) is 70.0 Å². The lowest BCUT2D eigenvalue weighted by atomic mass is 10.0. The molecule has 2 atom stereocenters. The number of rotatable bonds is 39. The van der Waals surface area contributed by atoms with Crippen molar-refractivity contribution in [3.8, 4) is 0 Å². The number of likely N-dealkylation sites (N-methyl/N-ethyl adjacent to an activating group) is 1. The number of hydrogen-bond donors (Lipinski definition) is 0. The van der Waals surface area contributed by atoms with Crippen LogP contribution in [0.1, 0.15) is 181 Å². The van der Waals surface area contributed by atoms with Crippen molar-refractivity contribution in [2.45, 2.75) is 187 Å². The van der Waals surface area contributed by atoms with Crippen molar-refractivity contribution < 1.29 is 42.1 Å². The predicted molar refractivity (Wildman–Crippen MR) is 222 cm³/mol. The number of carbonyl (C=O) groups excluding carboxylic acids is 2. The molecule has 0 saturated heterocycles. The number of ether oxygens (including phenoxy) is 2. The zero-order chi connectivity index (χ0) is 40.0. The molecule has 0 aliphatic heterocycles. The first-order valence-electron chi connectivity index (χ1n) is 21.7. The van der Waals surface area contributed by atoms with Crippen molar-refractivity contribution in [3.05, 3.63) is 36.5 Å². The molecule has 0 aliphatic carbocycles. The SMILES string of the molecule is CCCCCCCC/C=C\C/C=C\C/C=C\CCCC(=O)OC[C@H](COP(=O)([O-])OCC[N+](C)(C)C)OC(=O)CCCCCCCCCCCCCCC. The molecule has 0 spiro atoms. The van der Waals surface area contributed by atoms with E-state index < -0.39 is 32.5 Å². The van der Waals surface area contributed by atoms with E-state index in [0.717, 1.165) is 44.9 Å². The lowest BCUT2D eigenvalue weighted by Gasteiger charge is -2.28. The number of carbonyl (C=O) groups is 2. The van der Waals surface area contributed by atoms with Gasteiger partial charge in [0.1, 0.15) is 19.8 Å². The van der Waals surface area contributed by atoms with Gasteiger partial charge in [0.2, 0.25) is 0 Å². The fraction of sp³-hybridized carbons (Fsp3) is 0.818. The molecule has 0 aromatic heterocycles. The highest BCUT2D eigenvalue weighted by atomic mass is 31.2. The number of hydrogen-bond acceptors (Lipinski definition) is 8. The zero-order valence-corrected chi connectivity index (χ0v) is 36.3. The lowest BCUT2D eigenvalue weighted by molar-refractivity contribution is -0.870. The third-order valence-electron chi connectivity index (χ3n) is 9.16. The fourth-order valence-electron chi connectivity index (χ4n) is 5.73. The Morgan fingerprint density at radius 2 is 1.02 bits per heavy atom. The Bertz CT molecular complexity index is 1020. The van der Waals surface area contributed by atoms with Crippen LogP contribution in [0, 0.1) is 0 Å². The molecular formula is C44H82NO8P. The number of allylic oxidation sites excluding steroid dienone is 6. The second kappa shape index (κ2) is 36.8. The highest BCUT2D eigenvalue weighted by Gasteiger charge is 2.21. The second-order valence-electron chi connectivity index (χ2n) is 15.7. The van der Waals surface area contributed by atoms with Gasteiger partial charge in [-0.1, -0.05) is 159 Å². The quantitative estimate of drug-likeness (QED) is 0.0199. The maximum Gasteiger partial charge on any atom is 0.306 e. The number of phosphoric acid groups is 1.